The lowest BCUT2D eigenvalue weighted by atomic mass is 10.3. The summed E-state index contributed by atoms with van der Waals surface area (Å²) >= 11 is 5.81. The van der Waals surface area contributed by atoms with Crippen LogP contribution in [0.25, 0.3) is 5.69 Å². The summed E-state index contributed by atoms with van der Waals surface area (Å²) in [6.07, 6.45) is 0. The van der Waals surface area contributed by atoms with Crippen molar-refractivity contribution in [2.24, 2.45) is 0 Å². The largest absolute Gasteiger partial charge is 0.308 e. The van der Waals surface area contributed by atoms with E-state index >= 15 is 0 Å². The van der Waals surface area contributed by atoms with Crippen LogP contribution in [0.15, 0.2) is 18.2 Å². The van der Waals surface area contributed by atoms with Gasteiger partial charge in [0.25, 0.3) is 0 Å². The molecule has 0 spiro atoms. The Hall–Kier alpha value is -1.53. The molecule has 5 nitrogen and oxygen atoms in total. The van der Waals surface area contributed by atoms with E-state index in [9.17, 15) is 4.39 Å². The lowest BCUT2D eigenvalue weighted by molar-refractivity contribution is 0.562. The Kier molecular flexibility index (Phi) is 3.88. The Labute approximate surface area is 109 Å². The maximum Gasteiger partial charge on any atom is 0.170 e. The fourth-order valence-electron chi connectivity index (χ4n) is 1.47. The summed E-state index contributed by atoms with van der Waals surface area (Å²) in [6.45, 7) is 4.54. The molecule has 0 aliphatic rings. The number of halogens is 2. The number of hydrogen-bond donors (Lipinski definition) is 1. The van der Waals surface area contributed by atoms with Gasteiger partial charge in [0.1, 0.15) is 5.82 Å². The van der Waals surface area contributed by atoms with Crippen LogP contribution in [0.5, 0.6) is 0 Å². The van der Waals surface area contributed by atoms with Gasteiger partial charge in [-0.1, -0.05) is 25.4 Å². The van der Waals surface area contributed by atoms with E-state index in [4.69, 9.17) is 11.6 Å². The summed E-state index contributed by atoms with van der Waals surface area (Å²) in [5, 5.41) is 14.8. The van der Waals surface area contributed by atoms with Crippen molar-refractivity contribution in [2.75, 3.05) is 0 Å². The topological polar surface area (TPSA) is 55.6 Å². The SMILES string of the molecule is CC(C)NCc1nnnn1-c1cc(F)cc(Cl)c1. The van der Waals surface area contributed by atoms with Crippen molar-refractivity contribution in [3.63, 3.8) is 0 Å². The van der Waals surface area contributed by atoms with Gasteiger partial charge < -0.3 is 5.32 Å². The average molecular weight is 270 g/mol. The second kappa shape index (κ2) is 5.41. The zero-order valence-corrected chi connectivity index (χ0v) is 10.8. The van der Waals surface area contributed by atoms with Gasteiger partial charge in [-0.05, 0) is 28.6 Å². The highest BCUT2D eigenvalue weighted by Crippen LogP contribution is 2.17. The van der Waals surface area contributed by atoms with Gasteiger partial charge in [-0.2, -0.15) is 4.68 Å². The number of benzene rings is 1. The molecule has 0 radical (unpaired) electrons. The lowest BCUT2D eigenvalue weighted by Crippen LogP contribution is -2.24. The normalized spacial score (nSPS) is 11.2. The van der Waals surface area contributed by atoms with Gasteiger partial charge in [0.05, 0.1) is 12.2 Å². The molecule has 1 aromatic heterocycles. The zero-order chi connectivity index (χ0) is 13.1. The van der Waals surface area contributed by atoms with Crippen LogP contribution in [0.3, 0.4) is 0 Å². The van der Waals surface area contributed by atoms with Crippen molar-refractivity contribution in [3.8, 4) is 5.69 Å². The average Bonchev–Trinajstić information content (AvgIpc) is 2.72. The fraction of sp³-hybridized carbons (Fsp3) is 0.364. The van der Waals surface area contributed by atoms with Gasteiger partial charge in [-0.15, -0.1) is 5.10 Å². The van der Waals surface area contributed by atoms with Crippen molar-refractivity contribution >= 4 is 11.6 Å². The zero-order valence-electron chi connectivity index (χ0n) is 10.1. The quantitative estimate of drug-likeness (QED) is 0.922. The Morgan fingerprint density at radius 2 is 2.17 bits per heavy atom. The van der Waals surface area contributed by atoms with Gasteiger partial charge in [-0.25, -0.2) is 4.39 Å². The maximum absolute atomic E-state index is 13.3. The van der Waals surface area contributed by atoms with Gasteiger partial charge in [-0.3, -0.25) is 0 Å². The van der Waals surface area contributed by atoms with E-state index in [1.54, 1.807) is 6.07 Å². The van der Waals surface area contributed by atoms with Crippen LogP contribution < -0.4 is 5.32 Å². The Morgan fingerprint density at radius 1 is 1.39 bits per heavy atom. The predicted octanol–water partition coefficient (Wildman–Crippen LogP) is 1.95. The van der Waals surface area contributed by atoms with Crippen molar-refractivity contribution < 1.29 is 4.39 Å². The van der Waals surface area contributed by atoms with E-state index in [1.807, 2.05) is 13.8 Å². The summed E-state index contributed by atoms with van der Waals surface area (Å²) in [5.74, 6) is 0.182. The van der Waals surface area contributed by atoms with Crippen LogP contribution in [0.4, 0.5) is 4.39 Å². The van der Waals surface area contributed by atoms with Crippen LogP contribution in [-0.4, -0.2) is 26.2 Å². The van der Waals surface area contributed by atoms with Crippen molar-refractivity contribution in [1.82, 2.24) is 25.5 Å². The molecular formula is C11H13ClFN5. The van der Waals surface area contributed by atoms with Crippen LogP contribution in [0.1, 0.15) is 19.7 Å². The third-order valence-corrected chi connectivity index (χ3v) is 2.51. The highest BCUT2D eigenvalue weighted by Gasteiger charge is 2.10. The van der Waals surface area contributed by atoms with Crippen molar-refractivity contribution in [2.45, 2.75) is 26.4 Å². The molecule has 96 valence electrons. The number of tetrazole rings is 1. The van der Waals surface area contributed by atoms with Crippen LogP contribution in [0.2, 0.25) is 5.02 Å². The molecule has 0 unspecified atom stereocenters. The Morgan fingerprint density at radius 3 is 2.83 bits per heavy atom. The summed E-state index contributed by atoms with van der Waals surface area (Å²) in [4.78, 5) is 0. The molecule has 1 N–H and O–H groups in total. The minimum atomic E-state index is -0.421. The number of hydrogen-bond acceptors (Lipinski definition) is 4. The molecule has 18 heavy (non-hydrogen) atoms. The second-order valence-electron chi connectivity index (χ2n) is 4.17. The van der Waals surface area contributed by atoms with E-state index in [0.717, 1.165) is 0 Å². The Balaban J connectivity index is 2.30. The molecule has 0 fully saturated rings. The maximum atomic E-state index is 13.3. The van der Waals surface area contributed by atoms with Crippen LogP contribution in [-0.2, 0) is 6.54 Å². The molecule has 1 aromatic carbocycles. The standard InChI is InChI=1S/C11H13ClFN5/c1-7(2)14-6-11-15-16-17-18(11)10-4-8(12)3-9(13)5-10/h3-5,7,14H,6H2,1-2H3. The fourth-order valence-corrected chi connectivity index (χ4v) is 1.69. The summed E-state index contributed by atoms with van der Waals surface area (Å²) in [6, 6.07) is 4.49. The first-order valence-corrected chi connectivity index (χ1v) is 5.91. The van der Waals surface area contributed by atoms with E-state index in [1.165, 1.54) is 16.8 Å². The minimum absolute atomic E-state index is 0.309. The molecule has 0 atom stereocenters. The van der Waals surface area contributed by atoms with Crippen molar-refractivity contribution in [3.05, 3.63) is 34.9 Å². The summed E-state index contributed by atoms with van der Waals surface area (Å²) in [5.41, 5.74) is 0.505. The molecule has 1 heterocycles. The molecule has 0 saturated heterocycles. The van der Waals surface area contributed by atoms with Crippen LogP contribution in [0, 0.1) is 5.82 Å². The first-order valence-electron chi connectivity index (χ1n) is 5.53. The molecule has 0 bridgehead atoms. The van der Waals surface area contributed by atoms with Gasteiger partial charge in [0, 0.05) is 11.1 Å². The number of nitrogens with zero attached hydrogens (tertiary/aromatic N) is 4. The summed E-state index contributed by atoms with van der Waals surface area (Å²) in [7, 11) is 0. The second-order valence-corrected chi connectivity index (χ2v) is 4.61. The summed E-state index contributed by atoms with van der Waals surface area (Å²) < 4.78 is 14.7. The van der Waals surface area contributed by atoms with Crippen molar-refractivity contribution in [1.29, 1.82) is 0 Å². The predicted molar refractivity (Wildman–Crippen MR) is 66.1 cm³/mol. The van der Waals surface area contributed by atoms with Gasteiger partial charge >= 0.3 is 0 Å². The monoisotopic (exact) mass is 269 g/mol. The minimum Gasteiger partial charge on any atom is -0.308 e. The molecule has 2 aromatic rings. The highest BCUT2D eigenvalue weighted by atomic mass is 35.5. The molecule has 7 heteroatoms. The molecule has 2 rings (SSSR count). The molecule has 0 amide bonds. The number of rotatable bonds is 4. The molecule has 0 aliphatic heterocycles. The lowest BCUT2D eigenvalue weighted by Gasteiger charge is -2.08. The highest BCUT2D eigenvalue weighted by molar-refractivity contribution is 6.30. The molecular weight excluding hydrogens is 257 g/mol. The smallest absolute Gasteiger partial charge is 0.170 e. The first kappa shape index (κ1) is 12.9. The van der Waals surface area contributed by atoms with E-state index < -0.39 is 5.82 Å². The van der Waals surface area contributed by atoms with E-state index in [-0.39, 0.29) is 0 Å². The van der Waals surface area contributed by atoms with E-state index in [2.05, 4.69) is 20.8 Å². The van der Waals surface area contributed by atoms with Gasteiger partial charge in [0.2, 0.25) is 0 Å². The van der Waals surface area contributed by atoms with Gasteiger partial charge in [0.15, 0.2) is 5.82 Å². The third kappa shape index (κ3) is 3.02. The number of aromatic nitrogens is 4. The van der Waals surface area contributed by atoms with E-state index in [0.29, 0.717) is 29.1 Å². The molecule has 0 aliphatic carbocycles. The first-order chi connectivity index (χ1) is 8.56. The third-order valence-electron chi connectivity index (χ3n) is 2.29. The number of nitrogens with one attached hydrogen (secondary N) is 1. The van der Waals surface area contributed by atoms with Crippen LogP contribution >= 0.6 is 11.6 Å². The Bertz CT molecular complexity index is 520. The molecule has 0 saturated carbocycles.